The van der Waals surface area contributed by atoms with Gasteiger partial charge in [0.25, 0.3) is 5.91 Å². The van der Waals surface area contributed by atoms with Gasteiger partial charge in [0.2, 0.25) is 0 Å². The van der Waals surface area contributed by atoms with Crippen molar-refractivity contribution in [3.05, 3.63) is 50.0 Å². The number of methoxy groups -OCH3 is 3. The van der Waals surface area contributed by atoms with Crippen LogP contribution in [0.25, 0.3) is 10.2 Å². The summed E-state index contributed by atoms with van der Waals surface area (Å²) in [6, 6.07) is 6.09. The molecule has 0 atom stereocenters. The highest BCUT2D eigenvalue weighted by molar-refractivity contribution is 9.10. The number of ether oxygens (including phenoxy) is 3. The number of likely N-dealkylation sites (N-methyl/N-ethyl adjacent to an activating group) is 1. The minimum Gasteiger partial charge on any atom is -0.494 e. The van der Waals surface area contributed by atoms with Gasteiger partial charge in [0.05, 0.1) is 48.5 Å². The van der Waals surface area contributed by atoms with Gasteiger partial charge >= 0.3 is 0 Å². The summed E-state index contributed by atoms with van der Waals surface area (Å²) in [4.78, 5) is 27.1. The van der Waals surface area contributed by atoms with E-state index in [1.54, 1.807) is 12.5 Å². The fourth-order valence-corrected chi connectivity index (χ4v) is 7.37. The zero-order chi connectivity index (χ0) is 30.0. The maximum absolute atomic E-state index is 13.5. The monoisotopic (exact) mass is 694 g/mol. The van der Waals surface area contributed by atoms with Crippen molar-refractivity contribution in [3.63, 3.8) is 0 Å². The number of benzene rings is 2. The molecule has 4 aromatic rings. The smallest absolute Gasteiger partial charge is 0.258 e. The molecule has 5 rings (SSSR count). The third kappa shape index (κ3) is 5.78. The molecule has 1 fully saturated rings. The summed E-state index contributed by atoms with van der Waals surface area (Å²) < 4.78 is 17.6. The normalized spacial score (nSPS) is 13.7. The molecule has 0 spiro atoms. The number of aromatic nitrogens is 2. The summed E-state index contributed by atoms with van der Waals surface area (Å²) in [6.07, 6.45) is 1.41. The summed E-state index contributed by atoms with van der Waals surface area (Å²) in [6.45, 7) is 7.25. The SMILES string of the molecule is CCN1CCN(c2ccc(Nc3ncnc4c(C(=O)Nc5c(Cl)c(OC)c(Br)c(OC)c5Cl)csc34)c(OC)c2)CC1. The maximum atomic E-state index is 13.5. The molecular weight excluding hydrogens is 667 g/mol. The molecule has 42 heavy (non-hydrogen) atoms. The predicted molar refractivity (Wildman–Crippen MR) is 173 cm³/mol. The van der Waals surface area contributed by atoms with Gasteiger partial charge in [-0.15, -0.1) is 11.3 Å². The second-order valence-electron chi connectivity index (χ2n) is 9.32. The van der Waals surface area contributed by atoms with Crippen molar-refractivity contribution in [3.8, 4) is 17.2 Å². The molecule has 2 aromatic heterocycles. The zero-order valence-electron chi connectivity index (χ0n) is 23.4. The molecular formula is C28H29BrCl2N6O4S. The van der Waals surface area contributed by atoms with Crippen molar-refractivity contribution in [2.75, 3.05) is 69.6 Å². The molecule has 0 saturated carbocycles. The largest absolute Gasteiger partial charge is 0.494 e. The number of hydrogen-bond donors (Lipinski definition) is 2. The number of nitrogens with zero attached hydrogens (tertiary/aromatic N) is 4. The fraction of sp³-hybridized carbons (Fsp3) is 0.321. The Balaban J connectivity index is 1.41. The van der Waals surface area contributed by atoms with E-state index in [4.69, 9.17) is 37.4 Å². The van der Waals surface area contributed by atoms with Crippen LogP contribution >= 0.6 is 50.5 Å². The minimum absolute atomic E-state index is 0.128. The predicted octanol–water partition coefficient (Wildman–Crippen LogP) is 6.92. The average Bonchev–Trinajstić information content (AvgIpc) is 3.45. The average molecular weight is 696 g/mol. The second kappa shape index (κ2) is 13.1. The standard InChI is InChI=1S/C28H29BrCl2N6O4S/c1-5-36-8-10-37(11-9-36)15-6-7-17(18(12-15)39-2)34-27-26-22(32-14-33-27)16(13-42-26)28(38)35-23-20(30)24(40-3)19(29)25(41-4)21(23)31/h6-7,12-14H,5,8-11H2,1-4H3,(H,35,38)(H,32,33,34). The Labute approximate surface area is 266 Å². The molecule has 0 unspecified atom stereocenters. The number of thiophene rings is 1. The molecule has 3 heterocycles. The Morgan fingerprint density at radius 1 is 1.05 bits per heavy atom. The highest BCUT2D eigenvalue weighted by Gasteiger charge is 2.26. The van der Waals surface area contributed by atoms with E-state index in [1.165, 1.54) is 31.9 Å². The minimum atomic E-state index is -0.453. The van der Waals surface area contributed by atoms with Crippen molar-refractivity contribution in [1.82, 2.24) is 14.9 Å². The lowest BCUT2D eigenvalue weighted by Gasteiger charge is -2.35. The molecule has 1 amide bonds. The molecule has 0 aliphatic carbocycles. The topological polar surface area (TPSA) is 101 Å². The van der Waals surface area contributed by atoms with Crippen molar-refractivity contribution in [2.24, 2.45) is 0 Å². The number of nitrogens with one attached hydrogen (secondary N) is 2. The number of halogens is 3. The molecule has 1 aliphatic heterocycles. The summed E-state index contributed by atoms with van der Waals surface area (Å²) in [7, 11) is 4.56. The van der Waals surface area contributed by atoms with Crippen molar-refractivity contribution in [1.29, 1.82) is 0 Å². The first kappa shape index (κ1) is 30.4. The summed E-state index contributed by atoms with van der Waals surface area (Å²) >= 11 is 17.8. The van der Waals surface area contributed by atoms with Crippen molar-refractivity contribution >= 4 is 89.5 Å². The number of piperazine rings is 1. The van der Waals surface area contributed by atoms with Gasteiger partial charge < -0.3 is 34.6 Å². The van der Waals surface area contributed by atoms with Crippen LogP contribution < -0.4 is 29.7 Å². The van der Waals surface area contributed by atoms with Crippen LogP contribution in [-0.4, -0.2) is 74.8 Å². The van der Waals surface area contributed by atoms with E-state index in [0.29, 0.717) is 31.8 Å². The van der Waals surface area contributed by atoms with E-state index in [9.17, 15) is 4.79 Å². The summed E-state index contributed by atoms with van der Waals surface area (Å²) in [5.41, 5.74) is 2.83. The van der Waals surface area contributed by atoms with E-state index in [0.717, 1.165) is 44.1 Å². The van der Waals surface area contributed by atoms with Crippen LogP contribution in [0.2, 0.25) is 10.0 Å². The van der Waals surface area contributed by atoms with Gasteiger partial charge in [0.15, 0.2) is 17.3 Å². The van der Waals surface area contributed by atoms with Crippen molar-refractivity contribution in [2.45, 2.75) is 6.92 Å². The van der Waals surface area contributed by atoms with E-state index in [1.807, 2.05) is 12.1 Å². The first-order valence-corrected chi connectivity index (χ1v) is 15.5. The Morgan fingerprint density at radius 2 is 1.74 bits per heavy atom. The van der Waals surface area contributed by atoms with Gasteiger partial charge in [-0.2, -0.15) is 0 Å². The maximum Gasteiger partial charge on any atom is 0.258 e. The number of carbonyl (C=O) groups is 1. The number of carbonyl (C=O) groups excluding carboxylic acids is 1. The van der Waals surface area contributed by atoms with E-state index < -0.39 is 5.91 Å². The molecule has 0 radical (unpaired) electrons. The number of anilines is 4. The van der Waals surface area contributed by atoms with E-state index in [-0.39, 0.29) is 27.2 Å². The molecule has 0 bridgehead atoms. The van der Waals surface area contributed by atoms with Crippen LogP contribution in [0.5, 0.6) is 17.2 Å². The molecule has 1 saturated heterocycles. The van der Waals surface area contributed by atoms with E-state index in [2.05, 4.69) is 59.3 Å². The van der Waals surface area contributed by atoms with Gasteiger partial charge in [-0.3, -0.25) is 4.79 Å². The second-order valence-corrected chi connectivity index (χ2v) is 11.7. The molecule has 14 heteroatoms. The van der Waals surface area contributed by atoms with Crippen LogP contribution in [-0.2, 0) is 0 Å². The van der Waals surface area contributed by atoms with Crippen LogP contribution in [0.3, 0.4) is 0 Å². The highest BCUT2D eigenvalue weighted by Crippen LogP contribution is 2.50. The van der Waals surface area contributed by atoms with Crippen LogP contribution in [0.1, 0.15) is 17.3 Å². The van der Waals surface area contributed by atoms with Gasteiger partial charge in [0, 0.05) is 43.3 Å². The lowest BCUT2D eigenvalue weighted by atomic mass is 10.2. The van der Waals surface area contributed by atoms with Gasteiger partial charge in [-0.1, -0.05) is 30.1 Å². The molecule has 2 N–H and O–H groups in total. The Bertz CT molecular complexity index is 1600. The van der Waals surface area contributed by atoms with Crippen LogP contribution in [0, 0.1) is 0 Å². The van der Waals surface area contributed by atoms with Crippen LogP contribution in [0.15, 0.2) is 34.4 Å². The summed E-state index contributed by atoms with van der Waals surface area (Å²) in [5, 5.41) is 8.13. The highest BCUT2D eigenvalue weighted by atomic mass is 79.9. The Kier molecular flexibility index (Phi) is 9.48. The fourth-order valence-electron chi connectivity index (χ4n) is 4.80. The lowest BCUT2D eigenvalue weighted by Crippen LogP contribution is -2.46. The summed E-state index contributed by atoms with van der Waals surface area (Å²) in [5.74, 6) is 1.34. The number of fused-ring (bicyclic) bond motifs is 1. The Hall–Kier alpha value is -3.03. The zero-order valence-corrected chi connectivity index (χ0v) is 27.3. The molecule has 2 aromatic carbocycles. The third-order valence-electron chi connectivity index (χ3n) is 7.10. The molecule has 10 nitrogen and oxygen atoms in total. The lowest BCUT2D eigenvalue weighted by molar-refractivity contribution is 0.102. The van der Waals surface area contributed by atoms with Crippen molar-refractivity contribution < 1.29 is 19.0 Å². The number of amides is 1. The third-order valence-corrected chi connectivity index (χ3v) is 9.52. The number of hydrogen-bond acceptors (Lipinski definition) is 10. The van der Waals surface area contributed by atoms with Gasteiger partial charge in [-0.25, -0.2) is 9.97 Å². The molecule has 222 valence electrons. The first-order chi connectivity index (χ1) is 20.3. The number of rotatable bonds is 9. The van der Waals surface area contributed by atoms with Crippen LogP contribution in [0.4, 0.5) is 22.9 Å². The first-order valence-electron chi connectivity index (χ1n) is 13.1. The van der Waals surface area contributed by atoms with Gasteiger partial charge in [0.1, 0.15) is 26.6 Å². The van der Waals surface area contributed by atoms with E-state index >= 15 is 0 Å². The quantitative estimate of drug-likeness (QED) is 0.193. The Morgan fingerprint density at radius 3 is 2.36 bits per heavy atom. The molecule has 1 aliphatic rings. The van der Waals surface area contributed by atoms with Gasteiger partial charge in [-0.05, 0) is 34.6 Å².